The van der Waals surface area contributed by atoms with Crippen LogP contribution in [0, 0.1) is 0 Å². The molecule has 1 saturated heterocycles. The second-order valence-electron chi connectivity index (χ2n) is 5.49. The molecule has 1 N–H and O–H groups in total. The summed E-state index contributed by atoms with van der Waals surface area (Å²) in [6.07, 6.45) is 3.55. The average molecular weight is 298 g/mol. The van der Waals surface area contributed by atoms with E-state index in [1.54, 1.807) is 4.90 Å². The van der Waals surface area contributed by atoms with Crippen molar-refractivity contribution in [1.82, 2.24) is 10.2 Å². The normalized spacial score (nSPS) is 15.6. The lowest BCUT2D eigenvalue weighted by atomic mass is 10.0. The van der Waals surface area contributed by atoms with E-state index >= 15 is 0 Å². The first-order chi connectivity index (χ1) is 10.0. The number of carbonyl (C=O) groups is 3. The molecular weight excluding hydrogens is 272 g/mol. The number of nitrogens with one attached hydrogen (secondary N) is 1. The molecule has 1 aliphatic rings. The number of alkyl carbamates (subject to hydrolysis) is 1. The number of nitrogens with zero attached hydrogens (tertiary/aromatic N) is 1. The van der Waals surface area contributed by atoms with E-state index in [4.69, 9.17) is 4.74 Å². The van der Waals surface area contributed by atoms with Gasteiger partial charge in [0.25, 0.3) is 0 Å². The van der Waals surface area contributed by atoms with Gasteiger partial charge < -0.3 is 19.7 Å². The Kier molecular flexibility index (Phi) is 7.79. The summed E-state index contributed by atoms with van der Waals surface area (Å²) >= 11 is 0. The van der Waals surface area contributed by atoms with Crippen LogP contribution in [0.25, 0.3) is 0 Å². The van der Waals surface area contributed by atoms with Crippen LogP contribution in [-0.2, 0) is 14.3 Å². The molecule has 0 aromatic carbocycles. The van der Waals surface area contributed by atoms with Gasteiger partial charge in [-0.3, -0.25) is 4.79 Å². The molecule has 1 heterocycles. The number of rotatable bonds is 7. The number of ketones is 1. The minimum absolute atomic E-state index is 0.0224. The molecule has 21 heavy (non-hydrogen) atoms. The summed E-state index contributed by atoms with van der Waals surface area (Å²) in [5, 5.41) is 2.83. The Labute approximate surface area is 126 Å². The molecule has 0 radical (unpaired) electrons. The topological polar surface area (TPSA) is 75.7 Å². The molecule has 0 aromatic heterocycles. The van der Waals surface area contributed by atoms with Crippen molar-refractivity contribution in [3.63, 3.8) is 0 Å². The van der Waals surface area contributed by atoms with Crippen molar-refractivity contribution >= 4 is 17.8 Å². The van der Waals surface area contributed by atoms with Crippen LogP contribution in [0.15, 0.2) is 0 Å². The first-order valence-electron chi connectivity index (χ1n) is 7.73. The summed E-state index contributed by atoms with van der Waals surface area (Å²) in [6, 6.07) is 0.0657. The van der Waals surface area contributed by atoms with E-state index in [0.29, 0.717) is 26.1 Å². The largest absolute Gasteiger partial charge is 0.450 e. The van der Waals surface area contributed by atoms with Crippen LogP contribution in [0.2, 0.25) is 0 Å². The molecule has 2 amide bonds. The molecule has 1 rings (SSSR count). The zero-order valence-electron chi connectivity index (χ0n) is 13.0. The van der Waals surface area contributed by atoms with Crippen LogP contribution in [0.4, 0.5) is 4.79 Å². The van der Waals surface area contributed by atoms with E-state index in [9.17, 15) is 14.4 Å². The van der Waals surface area contributed by atoms with Crippen molar-refractivity contribution in [2.75, 3.05) is 19.7 Å². The lowest BCUT2D eigenvalue weighted by molar-refractivity contribution is -0.133. The maximum absolute atomic E-state index is 11.9. The number of amides is 2. The zero-order valence-corrected chi connectivity index (χ0v) is 13.0. The van der Waals surface area contributed by atoms with Crippen LogP contribution in [0.3, 0.4) is 0 Å². The molecule has 1 fully saturated rings. The van der Waals surface area contributed by atoms with Crippen molar-refractivity contribution in [1.29, 1.82) is 0 Å². The van der Waals surface area contributed by atoms with E-state index < -0.39 is 0 Å². The second kappa shape index (κ2) is 9.37. The first kappa shape index (κ1) is 17.5. The number of hydrogen-bond acceptors (Lipinski definition) is 4. The van der Waals surface area contributed by atoms with Gasteiger partial charge in [0.05, 0.1) is 6.61 Å². The third kappa shape index (κ3) is 7.11. The molecule has 0 spiro atoms. The van der Waals surface area contributed by atoms with Gasteiger partial charge in [0.15, 0.2) is 0 Å². The molecule has 0 aliphatic carbocycles. The van der Waals surface area contributed by atoms with Crippen molar-refractivity contribution < 1.29 is 19.1 Å². The van der Waals surface area contributed by atoms with Crippen LogP contribution in [-0.4, -0.2) is 48.4 Å². The third-order valence-electron chi connectivity index (χ3n) is 3.59. The second-order valence-corrected chi connectivity index (χ2v) is 5.49. The summed E-state index contributed by atoms with van der Waals surface area (Å²) in [5.74, 6) is 0.0592. The third-order valence-corrected chi connectivity index (χ3v) is 3.59. The molecule has 6 nitrogen and oxygen atoms in total. The molecule has 0 unspecified atom stereocenters. The monoisotopic (exact) mass is 298 g/mol. The molecule has 0 saturated carbocycles. The highest BCUT2D eigenvalue weighted by Gasteiger charge is 2.24. The zero-order chi connectivity index (χ0) is 15.7. The van der Waals surface area contributed by atoms with Crippen molar-refractivity contribution in [2.24, 2.45) is 0 Å². The average Bonchev–Trinajstić information content (AvgIpc) is 2.45. The maximum Gasteiger partial charge on any atom is 0.407 e. The molecule has 6 heteroatoms. The summed E-state index contributed by atoms with van der Waals surface area (Å²) in [7, 11) is 0. The molecule has 0 atom stereocenters. The summed E-state index contributed by atoms with van der Waals surface area (Å²) < 4.78 is 5.06. The number of hydrogen-bond donors (Lipinski definition) is 1. The molecule has 120 valence electrons. The van der Waals surface area contributed by atoms with Gasteiger partial charge >= 0.3 is 6.09 Å². The van der Waals surface area contributed by atoms with E-state index in [0.717, 1.165) is 25.7 Å². The van der Waals surface area contributed by atoms with E-state index in [2.05, 4.69) is 5.32 Å². The van der Waals surface area contributed by atoms with Gasteiger partial charge in [-0.25, -0.2) is 4.79 Å². The van der Waals surface area contributed by atoms with Crippen LogP contribution >= 0.6 is 0 Å². The number of Topliss-reactive ketones (excluding diaryl/α,β-unsaturated/α-hetero) is 1. The predicted octanol–water partition coefficient (Wildman–Crippen LogP) is 1.87. The van der Waals surface area contributed by atoms with Crippen LogP contribution in [0.5, 0.6) is 0 Å². The van der Waals surface area contributed by atoms with Gasteiger partial charge in [-0.2, -0.15) is 0 Å². The smallest absolute Gasteiger partial charge is 0.407 e. The molecular formula is C15H26N2O4. The fraction of sp³-hybridized carbons (Fsp3) is 0.800. The minimum atomic E-state index is -0.371. The fourth-order valence-electron chi connectivity index (χ4n) is 2.23. The Morgan fingerprint density at radius 3 is 2.43 bits per heavy atom. The Balaban J connectivity index is 2.21. The van der Waals surface area contributed by atoms with Crippen molar-refractivity contribution in [2.45, 2.75) is 58.4 Å². The lowest BCUT2D eigenvalue weighted by Crippen LogP contribution is -2.46. The SMILES string of the molecule is CCCCOC(=O)NC1CCN(C(=O)CCC(C)=O)CC1. The number of ether oxygens (including phenoxy) is 1. The summed E-state index contributed by atoms with van der Waals surface area (Å²) in [4.78, 5) is 36.0. The summed E-state index contributed by atoms with van der Waals surface area (Å²) in [6.45, 7) is 5.23. The fourth-order valence-corrected chi connectivity index (χ4v) is 2.23. The number of likely N-dealkylation sites (tertiary alicyclic amines) is 1. The van der Waals surface area contributed by atoms with E-state index in [-0.39, 0.29) is 30.2 Å². The van der Waals surface area contributed by atoms with Gasteiger partial charge in [0.2, 0.25) is 5.91 Å². The Morgan fingerprint density at radius 2 is 1.86 bits per heavy atom. The first-order valence-corrected chi connectivity index (χ1v) is 7.73. The lowest BCUT2D eigenvalue weighted by Gasteiger charge is -2.32. The number of unbranched alkanes of at least 4 members (excludes halogenated alkanes) is 1. The predicted molar refractivity (Wildman–Crippen MR) is 78.9 cm³/mol. The Hall–Kier alpha value is -1.59. The van der Waals surface area contributed by atoms with Crippen molar-refractivity contribution in [3.05, 3.63) is 0 Å². The standard InChI is InChI=1S/C15H26N2O4/c1-3-4-11-21-15(20)16-13-7-9-17(10-8-13)14(19)6-5-12(2)18/h13H,3-11H2,1-2H3,(H,16,20). The van der Waals surface area contributed by atoms with Crippen molar-refractivity contribution in [3.8, 4) is 0 Å². The molecule has 0 bridgehead atoms. The van der Waals surface area contributed by atoms with Gasteiger partial charge in [0, 0.05) is 32.0 Å². The molecule has 0 aromatic rings. The number of piperidine rings is 1. The molecule has 1 aliphatic heterocycles. The number of carbonyl (C=O) groups excluding carboxylic acids is 3. The Bertz CT molecular complexity index is 363. The van der Waals surface area contributed by atoms with Gasteiger partial charge in [-0.05, 0) is 26.2 Å². The summed E-state index contributed by atoms with van der Waals surface area (Å²) in [5.41, 5.74) is 0. The van der Waals surface area contributed by atoms with Crippen LogP contribution < -0.4 is 5.32 Å². The van der Waals surface area contributed by atoms with Gasteiger partial charge in [0.1, 0.15) is 5.78 Å². The minimum Gasteiger partial charge on any atom is -0.450 e. The maximum atomic E-state index is 11.9. The van der Waals surface area contributed by atoms with E-state index in [1.807, 2.05) is 6.92 Å². The van der Waals surface area contributed by atoms with Gasteiger partial charge in [-0.1, -0.05) is 13.3 Å². The highest BCUT2D eigenvalue weighted by molar-refractivity contribution is 5.83. The highest BCUT2D eigenvalue weighted by Crippen LogP contribution is 2.12. The quantitative estimate of drug-likeness (QED) is 0.728. The van der Waals surface area contributed by atoms with Crippen LogP contribution in [0.1, 0.15) is 52.4 Å². The van der Waals surface area contributed by atoms with Gasteiger partial charge in [-0.15, -0.1) is 0 Å². The Morgan fingerprint density at radius 1 is 1.19 bits per heavy atom. The highest BCUT2D eigenvalue weighted by atomic mass is 16.5. The van der Waals surface area contributed by atoms with E-state index in [1.165, 1.54) is 6.92 Å².